The molecule has 0 atom stereocenters. The minimum atomic E-state index is -0.415. The topological polar surface area (TPSA) is 40.5 Å². The normalized spacial score (nSPS) is 15.2. The maximum Gasteiger partial charge on any atom is 0.123 e. The van der Waals surface area contributed by atoms with Gasteiger partial charge in [0, 0.05) is 16.5 Å². The third-order valence-corrected chi connectivity index (χ3v) is 12.1. The third kappa shape index (κ3) is 5.44. The molecule has 4 aromatic carbocycles. The molecule has 0 radical (unpaired) electrons. The second-order valence-corrected chi connectivity index (χ2v) is 14.0. The Morgan fingerprint density at radius 3 is 1.64 bits per heavy atom. The molecule has 0 aliphatic carbocycles. The predicted octanol–water partition coefficient (Wildman–Crippen LogP) is 10.5. The van der Waals surface area contributed by atoms with Crippen molar-refractivity contribution < 1.29 is 10.2 Å². The number of hydrogen-bond donors (Lipinski definition) is 2. The van der Waals surface area contributed by atoms with Crippen LogP contribution in [0.5, 0.6) is 11.5 Å². The smallest absolute Gasteiger partial charge is 0.123 e. The SMILES string of the molecule is CC(CC1=CSC(=C2SC=CS2)S1)(c1ccc(O)c(-c2ccccc2)c1)c1ccc(O)c(-c2ccccc2)c1. The van der Waals surface area contributed by atoms with Crippen molar-refractivity contribution in [3.05, 3.63) is 138 Å². The lowest BCUT2D eigenvalue weighted by atomic mass is 9.72. The Morgan fingerprint density at radius 2 is 1.13 bits per heavy atom. The van der Waals surface area contributed by atoms with E-state index in [-0.39, 0.29) is 11.5 Å². The van der Waals surface area contributed by atoms with Crippen molar-refractivity contribution in [2.45, 2.75) is 18.8 Å². The first-order valence-electron chi connectivity index (χ1n) is 12.6. The van der Waals surface area contributed by atoms with Gasteiger partial charge in [-0.2, -0.15) is 0 Å². The molecular formula is C33H26O2S4. The summed E-state index contributed by atoms with van der Waals surface area (Å²) in [6, 6.07) is 32.0. The third-order valence-electron chi connectivity index (χ3n) is 7.06. The van der Waals surface area contributed by atoms with Gasteiger partial charge >= 0.3 is 0 Å². The van der Waals surface area contributed by atoms with Crippen molar-refractivity contribution in [2.24, 2.45) is 0 Å². The van der Waals surface area contributed by atoms with Crippen LogP contribution in [0.1, 0.15) is 24.5 Å². The first-order valence-corrected chi connectivity index (χ1v) is 16.0. The Kier molecular flexibility index (Phi) is 7.63. The lowest BCUT2D eigenvalue weighted by Gasteiger charge is -2.32. The minimum Gasteiger partial charge on any atom is -0.507 e. The van der Waals surface area contributed by atoms with E-state index in [0.29, 0.717) is 0 Å². The van der Waals surface area contributed by atoms with Crippen molar-refractivity contribution in [3.63, 3.8) is 0 Å². The van der Waals surface area contributed by atoms with Crippen molar-refractivity contribution in [3.8, 4) is 33.8 Å². The molecule has 194 valence electrons. The summed E-state index contributed by atoms with van der Waals surface area (Å²) in [6.07, 6.45) is 0.794. The van der Waals surface area contributed by atoms with E-state index in [9.17, 15) is 10.2 Å². The Labute approximate surface area is 246 Å². The highest BCUT2D eigenvalue weighted by molar-refractivity contribution is 8.33. The summed E-state index contributed by atoms with van der Waals surface area (Å²) in [4.78, 5) is 1.31. The summed E-state index contributed by atoms with van der Waals surface area (Å²) in [6.45, 7) is 2.27. The van der Waals surface area contributed by atoms with Crippen molar-refractivity contribution >= 4 is 47.0 Å². The number of thioether (sulfide) groups is 4. The van der Waals surface area contributed by atoms with Gasteiger partial charge in [-0.25, -0.2) is 0 Å². The van der Waals surface area contributed by atoms with Crippen LogP contribution in [0.15, 0.2) is 127 Å². The van der Waals surface area contributed by atoms with Gasteiger partial charge in [-0.3, -0.25) is 0 Å². The monoisotopic (exact) mass is 582 g/mol. The Morgan fingerprint density at radius 1 is 0.615 bits per heavy atom. The highest BCUT2D eigenvalue weighted by atomic mass is 32.2. The molecule has 2 aliphatic rings. The lowest BCUT2D eigenvalue weighted by Crippen LogP contribution is -2.24. The highest BCUT2D eigenvalue weighted by Gasteiger charge is 2.34. The average molecular weight is 583 g/mol. The number of aromatic hydroxyl groups is 2. The molecule has 39 heavy (non-hydrogen) atoms. The fourth-order valence-electron chi connectivity index (χ4n) is 4.93. The molecule has 2 N–H and O–H groups in total. The maximum atomic E-state index is 10.8. The molecule has 0 unspecified atom stereocenters. The van der Waals surface area contributed by atoms with Crippen LogP contribution in [0, 0.1) is 0 Å². The molecule has 0 spiro atoms. The van der Waals surface area contributed by atoms with Gasteiger partial charge in [-0.1, -0.05) is 127 Å². The van der Waals surface area contributed by atoms with Crippen LogP contribution in [0.4, 0.5) is 0 Å². The molecule has 0 saturated carbocycles. The van der Waals surface area contributed by atoms with E-state index in [0.717, 1.165) is 39.8 Å². The molecule has 0 bridgehead atoms. The van der Waals surface area contributed by atoms with Crippen molar-refractivity contribution in [1.82, 2.24) is 0 Å². The van der Waals surface area contributed by atoms with Gasteiger partial charge in [0.2, 0.25) is 0 Å². The van der Waals surface area contributed by atoms with Crippen LogP contribution in [0.2, 0.25) is 0 Å². The Bertz CT molecular complexity index is 1510. The van der Waals surface area contributed by atoms with Gasteiger partial charge in [0.1, 0.15) is 11.5 Å². The minimum absolute atomic E-state index is 0.266. The molecular weight excluding hydrogens is 557 g/mol. The molecule has 0 aromatic heterocycles. The summed E-state index contributed by atoms with van der Waals surface area (Å²) in [5.74, 6) is 0.533. The molecule has 6 rings (SSSR count). The number of hydrogen-bond acceptors (Lipinski definition) is 6. The van der Waals surface area contributed by atoms with Gasteiger partial charge in [0.25, 0.3) is 0 Å². The predicted molar refractivity (Wildman–Crippen MR) is 173 cm³/mol. The maximum absolute atomic E-state index is 10.8. The fraction of sp³-hybridized carbons (Fsp3) is 0.0909. The average Bonchev–Trinajstić information content (AvgIpc) is 3.67. The summed E-state index contributed by atoms with van der Waals surface area (Å²) >= 11 is 7.23. The van der Waals surface area contributed by atoms with Crippen LogP contribution >= 0.6 is 47.0 Å². The largest absolute Gasteiger partial charge is 0.507 e. The summed E-state index contributed by atoms with van der Waals surface area (Å²) in [5, 5.41) is 28.2. The molecule has 0 amide bonds. The Hall–Kier alpha value is -2.90. The van der Waals surface area contributed by atoms with Crippen LogP contribution in [-0.4, -0.2) is 10.2 Å². The van der Waals surface area contributed by atoms with E-state index in [1.165, 1.54) is 13.4 Å². The standard InChI is InChI=1S/C33H26O2S4/c1-33(20-26-21-38-32(39-26)31-36-16-17-37-31,24-12-14-29(34)27(18-24)22-8-4-2-5-9-22)25-13-15-30(35)28(19-25)23-10-6-3-7-11-23/h2-19,21,34-35H,20H2,1H3. The zero-order valence-electron chi connectivity index (χ0n) is 21.2. The van der Waals surface area contributed by atoms with Crippen LogP contribution in [-0.2, 0) is 5.41 Å². The number of benzene rings is 4. The van der Waals surface area contributed by atoms with E-state index in [1.54, 1.807) is 35.3 Å². The first kappa shape index (κ1) is 26.3. The number of phenols is 2. The Balaban J connectivity index is 1.46. The molecule has 2 heterocycles. The fourth-order valence-corrected chi connectivity index (χ4v) is 9.58. The van der Waals surface area contributed by atoms with Gasteiger partial charge in [-0.15, -0.1) is 0 Å². The molecule has 0 fully saturated rings. The van der Waals surface area contributed by atoms with E-state index in [1.807, 2.05) is 96.7 Å². The highest BCUT2D eigenvalue weighted by Crippen LogP contribution is 2.56. The van der Waals surface area contributed by atoms with Gasteiger partial charge in [-0.05, 0) is 74.1 Å². The lowest BCUT2D eigenvalue weighted by molar-refractivity contribution is 0.475. The first-order chi connectivity index (χ1) is 19.0. The van der Waals surface area contributed by atoms with Crippen molar-refractivity contribution in [1.29, 1.82) is 0 Å². The van der Waals surface area contributed by atoms with Gasteiger partial charge in [0.05, 0.1) is 8.47 Å². The molecule has 2 nitrogen and oxygen atoms in total. The van der Waals surface area contributed by atoms with Crippen molar-refractivity contribution in [2.75, 3.05) is 0 Å². The quantitative estimate of drug-likeness (QED) is 0.236. The second-order valence-electron chi connectivity index (χ2n) is 9.59. The molecule has 0 saturated heterocycles. The van der Waals surface area contributed by atoms with Crippen LogP contribution < -0.4 is 0 Å². The van der Waals surface area contributed by atoms with E-state index in [4.69, 9.17) is 0 Å². The summed E-state index contributed by atoms with van der Waals surface area (Å²) < 4.78 is 2.67. The van der Waals surface area contributed by atoms with E-state index >= 15 is 0 Å². The number of phenolic OH excluding ortho intramolecular Hbond substituents is 2. The van der Waals surface area contributed by atoms with Crippen LogP contribution in [0.25, 0.3) is 22.3 Å². The van der Waals surface area contributed by atoms with E-state index < -0.39 is 5.41 Å². The van der Waals surface area contributed by atoms with Crippen LogP contribution in [0.3, 0.4) is 0 Å². The molecule has 4 aromatic rings. The van der Waals surface area contributed by atoms with E-state index in [2.05, 4.69) is 35.3 Å². The zero-order chi connectivity index (χ0) is 26.8. The number of rotatable bonds is 6. The van der Waals surface area contributed by atoms with Gasteiger partial charge < -0.3 is 10.2 Å². The second kappa shape index (κ2) is 11.3. The molecule has 6 heteroatoms. The molecule has 2 aliphatic heterocycles. The summed E-state index contributed by atoms with van der Waals surface area (Å²) in [7, 11) is 0. The summed E-state index contributed by atoms with van der Waals surface area (Å²) in [5.41, 5.74) is 5.41. The zero-order valence-corrected chi connectivity index (χ0v) is 24.5. The number of allylic oxidation sites excluding steroid dienone is 1. The van der Waals surface area contributed by atoms with Gasteiger partial charge in [0.15, 0.2) is 0 Å².